The summed E-state index contributed by atoms with van der Waals surface area (Å²) in [5, 5.41) is 0. The Morgan fingerprint density at radius 3 is 0.889 bits per heavy atom. The lowest BCUT2D eigenvalue weighted by Gasteiger charge is -2.18. The van der Waals surface area contributed by atoms with Crippen molar-refractivity contribution in [2.75, 3.05) is 13.2 Å². The molecule has 1 atom stereocenters. The number of allylic oxidation sites excluding steroid dienone is 16. The van der Waals surface area contributed by atoms with Crippen LogP contribution in [0.25, 0.3) is 0 Å². The molecule has 0 aliphatic carbocycles. The van der Waals surface area contributed by atoms with Crippen LogP contribution >= 0.6 is 0 Å². The fraction of sp³-hybridized carbons (Fsp3) is 0.712. The number of rotatable bonds is 54. The van der Waals surface area contributed by atoms with Crippen LogP contribution in [0.2, 0.25) is 0 Å². The summed E-state index contributed by atoms with van der Waals surface area (Å²) in [5.74, 6) is -0.928. The fourth-order valence-corrected chi connectivity index (χ4v) is 8.25. The van der Waals surface area contributed by atoms with Gasteiger partial charge in [0, 0.05) is 19.3 Å². The molecule has 0 amide bonds. The molecule has 0 aromatic rings. The molecule has 1 unspecified atom stereocenters. The van der Waals surface area contributed by atoms with Crippen LogP contribution in [0, 0.1) is 0 Å². The molecular formula is C66H112O6. The van der Waals surface area contributed by atoms with E-state index in [0.717, 1.165) is 128 Å². The number of carbonyl (C=O) groups is 3. The molecule has 0 bridgehead atoms. The van der Waals surface area contributed by atoms with Gasteiger partial charge in [-0.2, -0.15) is 0 Å². The van der Waals surface area contributed by atoms with Crippen molar-refractivity contribution in [3.8, 4) is 0 Å². The predicted molar refractivity (Wildman–Crippen MR) is 311 cm³/mol. The van der Waals surface area contributed by atoms with Crippen LogP contribution in [0.15, 0.2) is 97.2 Å². The van der Waals surface area contributed by atoms with E-state index in [2.05, 4.69) is 118 Å². The van der Waals surface area contributed by atoms with Gasteiger partial charge in [-0.05, 0) is 116 Å². The molecular weight excluding hydrogens is 889 g/mol. The van der Waals surface area contributed by atoms with Crippen molar-refractivity contribution in [2.45, 2.75) is 290 Å². The first-order chi connectivity index (χ1) is 35.5. The molecule has 0 aliphatic rings. The number of hydrogen-bond acceptors (Lipinski definition) is 6. The summed E-state index contributed by atoms with van der Waals surface area (Å²) in [7, 11) is 0. The van der Waals surface area contributed by atoms with Crippen LogP contribution in [0.5, 0.6) is 0 Å². The summed E-state index contributed by atoms with van der Waals surface area (Å²) in [5.41, 5.74) is 0. The van der Waals surface area contributed by atoms with Gasteiger partial charge in [0.25, 0.3) is 0 Å². The maximum atomic E-state index is 12.9. The van der Waals surface area contributed by atoms with Crippen LogP contribution in [0.4, 0.5) is 0 Å². The van der Waals surface area contributed by atoms with Gasteiger partial charge >= 0.3 is 17.9 Å². The number of esters is 3. The van der Waals surface area contributed by atoms with Crippen molar-refractivity contribution < 1.29 is 28.6 Å². The average Bonchev–Trinajstić information content (AvgIpc) is 3.38. The largest absolute Gasteiger partial charge is 0.462 e. The molecule has 0 radical (unpaired) electrons. The van der Waals surface area contributed by atoms with Crippen molar-refractivity contribution in [1.29, 1.82) is 0 Å². The molecule has 0 saturated carbocycles. The zero-order valence-electron chi connectivity index (χ0n) is 47.2. The van der Waals surface area contributed by atoms with Gasteiger partial charge in [0.05, 0.1) is 0 Å². The lowest BCUT2D eigenvalue weighted by atomic mass is 10.0. The molecule has 412 valence electrons. The summed E-state index contributed by atoms with van der Waals surface area (Å²) < 4.78 is 16.9. The van der Waals surface area contributed by atoms with Crippen molar-refractivity contribution in [2.24, 2.45) is 0 Å². The molecule has 6 heteroatoms. The minimum absolute atomic E-state index is 0.0933. The van der Waals surface area contributed by atoms with E-state index in [0.29, 0.717) is 19.3 Å². The second kappa shape index (κ2) is 59.9. The maximum Gasteiger partial charge on any atom is 0.306 e. The molecule has 6 nitrogen and oxygen atoms in total. The first-order valence-electron chi connectivity index (χ1n) is 30.2. The first kappa shape index (κ1) is 68.3. The van der Waals surface area contributed by atoms with Gasteiger partial charge in [0.2, 0.25) is 0 Å². The van der Waals surface area contributed by atoms with Crippen LogP contribution < -0.4 is 0 Å². The summed E-state index contributed by atoms with van der Waals surface area (Å²) in [6.07, 6.45) is 79.7. The lowest BCUT2D eigenvalue weighted by molar-refractivity contribution is -0.167. The SMILES string of the molecule is CC/C=C\C/C=C\C/C=C\C/C=C\CCCCCCC(=O)OC(COC(=O)CCCCCCC/C=C\C/C=C\CCCC)COC(=O)CCCCCCCCCCCCC/C=C\C/C=C\CCCCCCC. The highest BCUT2D eigenvalue weighted by Gasteiger charge is 2.19. The summed E-state index contributed by atoms with van der Waals surface area (Å²) >= 11 is 0. The highest BCUT2D eigenvalue weighted by atomic mass is 16.6. The van der Waals surface area contributed by atoms with E-state index in [1.807, 2.05) is 0 Å². The monoisotopic (exact) mass is 1000 g/mol. The number of ether oxygens (including phenoxy) is 3. The summed E-state index contributed by atoms with van der Waals surface area (Å²) in [6, 6.07) is 0. The molecule has 0 saturated heterocycles. The Balaban J connectivity index is 4.39. The summed E-state index contributed by atoms with van der Waals surface area (Å²) in [6.45, 7) is 6.46. The zero-order chi connectivity index (χ0) is 52.2. The lowest BCUT2D eigenvalue weighted by Crippen LogP contribution is -2.30. The third-order valence-corrected chi connectivity index (χ3v) is 12.8. The van der Waals surface area contributed by atoms with Crippen molar-refractivity contribution in [1.82, 2.24) is 0 Å². The molecule has 0 N–H and O–H groups in total. The minimum atomic E-state index is -0.799. The number of unbranched alkanes of at least 4 members (excludes halogenated alkanes) is 27. The van der Waals surface area contributed by atoms with E-state index in [9.17, 15) is 14.4 Å². The van der Waals surface area contributed by atoms with Gasteiger partial charge in [0.1, 0.15) is 13.2 Å². The predicted octanol–water partition coefficient (Wildman–Crippen LogP) is 20.5. The molecule has 0 heterocycles. The van der Waals surface area contributed by atoms with Crippen LogP contribution in [-0.4, -0.2) is 37.2 Å². The van der Waals surface area contributed by atoms with Gasteiger partial charge in [-0.15, -0.1) is 0 Å². The van der Waals surface area contributed by atoms with Crippen molar-refractivity contribution >= 4 is 17.9 Å². The van der Waals surface area contributed by atoms with E-state index in [1.54, 1.807) is 0 Å². The molecule has 0 aliphatic heterocycles. The average molecular weight is 1000 g/mol. The third kappa shape index (κ3) is 57.2. The maximum absolute atomic E-state index is 12.9. The van der Waals surface area contributed by atoms with Gasteiger partial charge in [-0.3, -0.25) is 14.4 Å². The zero-order valence-corrected chi connectivity index (χ0v) is 47.2. The molecule has 0 fully saturated rings. The van der Waals surface area contributed by atoms with E-state index < -0.39 is 6.10 Å². The Kier molecular flexibility index (Phi) is 56.8. The minimum Gasteiger partial charge on any atom is -0.462 e. The molecule has 72 heavy (non-hydrogen) atoms. The Hall–Kier alpha value is -3.67. The van der Waals surface area contributed by atoms with Crippen LogP contribution in [-0.2, 0) is 28.6 Å². The second-order valence-electron chi connectivity index (χ2n) is 19.9. The second-order valence-corrected chi connectivity index (χ2v) is 19.9. The Morgan fingerprint density at radius 2 is 0.556 bits per heavy atom. The Labute approximate surface area is 445 Å². The smallest absolute Gasteiger partial charge is 0.306 e. The first-order valence-corrected chi connectivity index (χ1v) is 30.2. The van der Waals surface area contributed by atoms with Crippen LogP contribution in [0.3, 0.4) is 0 Å². The standard InChI is InChI=1S/C66H112O6/c1-4-7-10-13-16-19-22-25-28-30-31-32-33-34-35-37-38-41-44-47-50-53-56-59-65(68)71-62-63(61-70-64(67)58-55-52-49-46-43-40-27-24-21-18-15-12-9-6-3)72-66(69)60-57-54-51-48-45-42-39-36-29-26-23-20-17-14-11-8-5-2/h8,11,15,17-18,20,22,24-27,29-31,39,42,63H,4-7,9-10,12-14,16,19,21,23,28,32-38,40-41,43-62H2,1-3H3/b11-8-,18-15-,20-17-,25-22-,27-24-,29-26-,31-30-,42-39-. The van der Waals surface area contributed by atoms with Crippen LogP contribution in [0.1, 0.15) is 284 Å². The summed E-state index contributed by atoms with van der Waals surface area (Å²) in [4.78, 5) is 38.2. The fourth-order valence-electron chi connectivity index (χ4n) is 8.25. The van der Waals surface area contributed by atoms with Gasteiger partial charge in [0.15, 0.2) is 6.10 Å². The van der Waals surface area contributed by atoms with E-state index in [1.165, 1.54) is 116 Å². The van der Waals surface area contributed by atoms with Gasteiger partial charge < -0.3 is 14.2 Å². The number of carbonyl (C=O) groups excluding carboxylic acids is 3. The number of hydrogen-bond donors (Lipinski definition) is 0. The molecule has 0 aromatic heterocycles. The van der Waals surface area contributed by atoms with Gasteiger partial charge in [-0.1, -0.05) is 246 Å². The molecule has 0 spiro atoms. The van der Waals surface area contributed by atoms with E-state index in [-0.39, 0.29) is 31.1 Å². The Morgan fingerprint density at radius 1 is 0.292 bits per heavy atom. The quantitative estimate of drug-likeness (QED) is 0.0261. The van der Waals surface area contributed by atoms with E-state index in [4.69, 9.17) is 14.2 Å². The Bertz CT molecular complexity index is 1430. The molecule has 0 rings (SSSR count). The highest BCUT2D eigenvalue weighted by molar-refractivity contribution is 5.71. The van der Waals surface area contributed by atoms with Gasteiger partial charge in [-0.25, -0.2) is 0 Å². The van der Waals surface area contributed by atoms with Crippen molar-refractivity contribution in [3.63, 3.8) is 0 Å². The molecule has 0 aromatic carbocycles. The van der Waals surface area contributed by atoms with Crippen molar-refractivity contribution in [3.05, 3.63) is 97.2 Å². The topological polar surface area (TPSA) is 78.9 Å². The third-order valence-electron chi connectivity index (χ3n) is 12.8. The van der Waals surface area contributed by atoms with E-state index >= 15 is 0 Å². The normalized spacial score (nSPS) is 12.8. The highest BCUT2D eigenvalue weighted by Crippen LogP contribution is 2.15.